The summed E-state index contributed by atoms with van der Waals surface area (Å²) in [6, 6.07) is 47.4. The van der Waals surface area contributed by atoms with Gasteiger partial charge in [-0.05, 0) is 251 Å². The first kappa shape index (κ1) is 68.6. The number of rotatable bonds is 17. The number of piperidine rings is 1. The van der Waals surface area contributed by atoms with Gasteiger partial charge in [-0.3, -0.25) is 14.7 Å². The SMILES string of the molecule is COc1ccc(CN2CCN(c3ccc(C)cc3)CC2)c(C)c1C.COc1ccc(CN2CCN(c3cccc(C)c3C)CC2)c(C)c1C.COc1ccc(CN2CCN(c3ccccc3)CC2)c(C)c1C.Ic1ccc(OCCCN2CCCCC2)cc1. The summed E-state index contributed by atoms with van der Waals surface area (Å²) in [6.45, 7) is 40.5. The molecule has 0 unspecified atom stereocenters. The normalized spacial score (nSPS) is 15.9. The average Bonchev–Trinajstić information content (AvgIpc) is 3.39. The van der Waals surface area contributed by atoms with Gasteiger partial charge in [0, 0.05) is 125 Å². The summed E-state index contributed by atoms with van der Waals surface area (Å²) in [7, 11) is 5.23. The summed E-state index contributed by atoms with van der Waals surface area (Å²) in [5, 5.41) is 0. The first-order chi connectivity index (χ1) is 43.1. The van der Waals surface area contributed by atoms with Crippen LogP contribution in [0.3, 0.4) is 0 Å². The second-order valence-electron chi connectivity index (χ2n) is 24.8. The molecule has 4 aliphatic heterocycles. The summed E-state index contributed by atoms with van der Waals surface area (Å²) < 4.78 is 23.2. The number of aryl methyl sites for hydroxylation is 2. The van der Waals surface area contributed by atoms with Gasteiger partial charge in [-0.1, -0.05) is 72.6 Å². The van der Waals surface area contributed by atoms with Gasteiger partial charge >= 0.3 is 0 Å². The second kappa shape index (κ2) is 34.8. The van der Waals surface area contributed by atoms with Crippen LogP contribution in [0.4, 0.5) is 17.1 Å². The zero-order valence-corrected chi connectivity index (χ0v) is 58.3. The minimum Gasteiger partial charge on any atom is -0.496 e. The summed E-state index contributed by atoms with van der Waals surface area (Å²) in [5.41, 5.74) is 20.3. The third-order valence-corrected chi connectivity index (χ3v) is 19.8. The number of hydrogen-bond acceptors (Lipinski definition) is 11. The molecule has 4 saturated heterocycles. The first-order valence-electron chi connectivity index (χ1n) is 32.7. The standard InChI is InChI=1S/C22H30N2O.C21H28N2O.C20H26N2O.C14H20INO/c1-16-7-6-8-21(17(16)2)24-13-11-23(12-14-24)15-20-9-10-22(25-5)19(4)18(20)3;1-16-5-8-20(9-6-16)23-13-11-22(12-14-23)15-19-7-10-21(24-4)18(3)17(19)2;1-16-17(2)20(23-3)10-9-18(16)15-21-11-13-22(14-12-21)19-7-5-4-6-8-19;15-13-5-7-14(8-6-13)17-12-4-11-16-9-2-1-3-10-16/h6-10H,11-15H2,1-5H3;5-10H,11-15H2,1-4H3;4-10H,11-15H2,1-3H3;5-8H,1-4,9-12H2. The third-order valence-electron chi connectivity index (χ3n) is 19.1. The Labute approximate surface area is 550 Å². The van der Waals surface area contributed by atoms with Crippen molar-refractivity contribution in [2.24, 2.45) is 0 Å². The lowest BCUT2D eigenvalue weighted by Gasteiger charge is -2.37. The third kappa shape index (κ3) is 19.9. The molecule has 0 spiro atoms. The van der Waals surface area contributed by atoms with Crippen molar-refractivity contribution in [2.75, 3.05) is 141 Å². The van der Waals surface area contributed by atoms with E-state index in [9.17, 15) is 0 Å². The maximum Gasteiger partial charge on any atom is 0.122 e. The lowest BCUT2D eigenvalue weighted by Crippen LogP contribution is -2.46. The molecule has 12 heteroatoms. The molecule has 4 fully saturated rings. The van der Waals surface area contributed by atoms with Gasteiger partial charge in [0.25, 0.3) is 0 Å². The Bertz CT molecular complexity index is 3260. The van der Waals surface area contributed by atoms with Gasteiger partial charge < -0.3 is 38.5 Å². The van der Waals surface area contributed by atoms with E-state index < -0.39 is 0 Å². The van der Waals surface area contributed by atoms with Crippen molar-refractivity contribution in [3.05, 3.63) is 204 Å². The predicted molar refractivity (Wildman–Crippen MR) is 383 cm³/mol. The highest BCUT2D eigenvalue weighted by molar-refractivity contribution is 14.1. The van der Waals surface area contributed by atoms with Crippen LogP contribution in [0.2, 0.25) is 0 Å². The lowest BCUT2D eigenvalue weighted by molar-refractivity contribution is 0.205. The Morgan fingerprint density at radius 3 is 1.22 bits per heavy atom. The van der Waals surface area contributed by atoms with E-state index in [1.54, 1.807) is 21.3 Å². The van der Waals surface area contributed by atoms with E-state index in [0.29, 0.717) is 0 Å². The quantitative estimate of drug-likeness (QED) is 0.0647. The van der Waals surface area contributed by atoms with Crippen molar-refractivity contribution in [3.63, 3.8) is 0 Å². The number of piperazine rings is 3. The van der Waals surface area contributed by atoms with Gasteiger partial charge in [0.2, 0.25) is 0 Å². The summed E-state index contributed by atoms with van der Waals surface area (Å²) in [6.07, 6.45) is 5.29. The van der Waals surface area contributed by atoms with Gasteiger partial charge in [-0.2, -0.15) is 0 Å². The fourth-order valence-corrected chi connectivity index (χ4v) is 13.0. The van der Waals surface area contributed by atoms with Crippen LogP contribution in [0.5, 0.6) is 23.0 Å². The molecule has 0 saturated carbocycles. The van der Waals surface area contributed by atoms with E-state index in [2.05, 4.69) is 241 Å². The van der Waals surface area contributed by atoms with Crippen molar-refractivity contribution in [1.82, 2.24) is 19.6 Å². The lowest BCUT2D eigenvalue weighted by atomic mass is 10.0. The number of halogens is 1. The first-order valence-corrected chi connectivity index (χ1v) is 33.8. The maximum atomic E-state index is 5.72. The van der Waals surface area contributed by atoms with E-state index in [4.69, 9.17) is 18.9 Å². The molecule has 0 amide bonds. The van der Waals surface area contributed by atoms with Crippen LogP contribution in [-0.2, 0) is 19.6 Å². The van der Waals surface area contributed by atoms with Crippen LogP contribution in [-0.4, -0.2) is 146 Å². The Kier molecular flexibility index (Phi) is 26.8. The van der Waals surface area contributed by atoms with Crippen molar-refractivity contribution in [2.45, 2.75) is 108 Å². The van der Waals surface area contributed by atoms with Gasteiger partial charge in [-0.25, -0.2) is 0 Å². The molecule has 0 bridgehead atoms. The molecule has 0 aromatic heterocycles. The number of nitrogens with zero attached hydrogens (tertiary/aromatic N) is 7. The zero-order chi connectivity index (χ0) is 63.2. The molecule has 478 valence electrons. The molecular weight excluding hydrogens is 1210 g/mol. The molecule has 0 N–H and O–H groups in total. The average molecular weight is 1320 g/mol. The van der Waals surface area contributed by atoms with E-state index in [-0.39, 0.29) is 0 Å². The number of hydrogen-bond donors (Lipinski definition) is 0. The molecule has 0 aliphatic carbocycles. The number of methoxy groups -OCH3 is 3. The number of ether oxygens (including phenoxy) is 4. The monoisotopic (exact) mass is 1320 g/mol. The van der Waals surface area contributed by atoms with Gasteiger partial charge in [-0.15, -0.1) is 0 Å². The van der Waals surface area contributed by atoms with Crippen LogP contribution in [0.25, 0.3) is 0 Å². The highest BCUT2D eigenvalue weighted by Gasteiger charge is 2.23. The zero-order valence-electron chi connectivity index (χ0n) is 56.1. The fourth-order valence-electron chi connectivity index (χ4n) is 12.6. The molecule has 7 aromatic carbocycles. The minimum absolute atomic E-state index is 0.830. The molecule has 11 nitrogen and oxygen atoms in total. The van der Waals surface area contributed by atoms with E-state index in [1.807, 2.05) is 12.1 Å². The van der Waals surface area contributed by atoms with Crippen molar-refractivity contribution in [1.29, 1.82) is 0 Å². The fraction of sp³-hybridized carbons (Fsp3) is 0.455. The second-order valence-corrected chi connectivity index (χ2v) is 26.0. The van der Waals surface area contributed by atoms with Crippen LogP contribution in [0.15, 0.2) is 133 Å². The van der Waals surface area contributed by atoms with Gasteiger partial charge in [0.15, 0.2) is 0 Å². The van der Waals surface area contributed by atoms with Crippen LogP contribution in [0.1, 0.15) is 92.4 Å². The van der Waals surface area contributed by atoms with Crippen LogP contribution in [0, 0.1) is 65.9 Å². The molecule has 0 atom stereocenters. The Morgan fingerprint density at radius 2 is 0.787 bits per heavy atom. The topological polar surface area (TPSA) is 59.6 Å². The Hall–Kier alpha value is -6.29. The summed E-state index contributed by atoms with van der Waals surface area (Å²) in [4.78, 5) is 17.7. The Morgan fingerprint density at radius 1 is 0.360 bits per heavy atom. The molecule has 7 aromatic rings. The number of likely N-dealkylation sites (tertiary alicyclic amines) is 1. The van der Waals surface area contributed by atoms with Crippen molar-refractivity contribution >= 4 is 39.7 Å². The number of anilines is 3. The predicted octanol–water partition coefficient (Wildman–Crippen LogP) is 15.4. The van der Waals surface area contributed by atoms with Crippen molar-refractivity contribution in [3.8, 4) is 23.0 Å². The highest BCUT2D eigenvalue weighted by atomic mass is 127. The molecule has 11 rings (SSSR count). The number of para-hydroxylation sites is 1. The van der Waals surface area contributed by atoms with E-state index in [1.165, 1.54) is 126 Å². The molecule has 4 aliphatic rings. The molecule has 0 radical (unpaired) electrons. The summed E-state index contributed by atoms with van der Waals surface area (Å²) in [5.74, 6) is 3.95. The maximum absolute atomic E-state index is 5.72. The molecule has 89 heavy (non-hydrogen) atoms. The Balaban J connectivity index is 0.000000155. The highest BCUT2D eigenvalue weighted by Crippen LogP contribution is 2.30. The van der Waals surface area contributed by atoms with Crippen LogP contribution >= 0.6 is 22.6 Å². The van der Waals surface area contributed by atoms with Crippen LogP contribution < -0.4 is 33.6 Å². The number of benzene rings is 7. The van der Waals surface area contributed by atoms with Gasteiger partial charge in [0.05, 0.1) is 27.9 Å². The van der Waals surface area contributed by atoms with E-state index in [0.717, 1.165) is 134 Å². The van der Waals surface area contributed by atoms with Crippen molar-refractivity contribution < 1.29 is 18.9 Å². The molecular formula is C77H104IN7O4. The van der Waals surface area contributed by atoms with Gasteiger partial charge in [0.1, 0.15) is 23.0 Å². The summed E-state index contributed by atoms with van der Waals surface area (Å²) >= 11 is 2.31. The van der Waals surface area contributed by atoms with E-state index >= 15 is 0 Å². The minimum atomic E-state index is 0.830. The smallest absolute Gasteiger partial charge is 0.122 e. The largest absolute Gasteiger partial charge is 0.496 e. The molecule has 4 heterocycles.